The number of tetrazole rings is 1. The number of hydrogen-bond acceptors (Lipinski definition) is 6. The van der Waals surface area contributed by atoms with Crippen LogP contribution in [-0.4, -0.2) is 81.4 Å². The topological polar surface area (TPSA) is 98.3 Å². The van der Waals surface area contributed by atoms with Gasteiger partial charge in [-0.15, -0.1) is 10.2 Å². The first-order valence-electron chi connectivity index (χ1n) is 7.96. The number of H-pyrrole nitrogens is 1. The number of benzene rings is 1. The number of amides is 2. The molecule has 0 atom stereocenters. The van der Waals surface area contributed by atoms with E-state index in [1.54, 1.807) is 21.1 Å². The monoisotopic (exact) mass is 343 g/mol. The van der Waals surface area contributed by atoms with Crippen LogP contribution in [0.25, 0.3) is 11.4 Å². The average molecular weight is 343 g/mol. The second kappa shape index (κ2) is 6.98. The molecule has 9 nitrogen and oxygen atoms in total. The Morgan fingerprint density at radius 3 is 2.68 bits per heavy atom. The van der Waals surface area contributed by atoms with E-state index in [0.29, 0.717) is 18.9 Å². The van der Waals surface area contributed by atoms with E-state index in [1.165, 1.54) is 9.80 Å². The minimum Gasteiger partial charge on any atom is -0.347 e. The van der Waals surface area contributed by atoms with Crippen LogP contribution in [0.1, 0.15) is 11.1 Å². The van der Waals surface area contributed by atoms with Gasteiger partial charge in [0, 0.05) is 39.8 Å². The summed E-state index contributed by atoms with van der Waals surface area (Å²) in [6.07, 6.45) is 0. The predicted molar refractivity (Wildman–Crippen MR) is 90.1 cm³/mol. The Kier molecular flexibility index (Phi) is 4.75. The Bertz CT molecular complexity index is 773. The third-order valence-electron chi connectivity index (χ3n) is 4.29. The highest BCUT2D eigenvalue weighted by Gasteiger charge is 2.26. The van der Waals surface area contributed by atoms with Crippen LogP contribution in [0.5, 0.6) is 0 Å². The highest BCUT2D eigenvalue weighted by molar-refractivity contribution is 5.85. The molecule has 1 aliphatic rings. The van der Waals surface area contributed by atoms with Gasteiger partial charge in [-0.25, -0.2) is 0 Å². The normalized spacial score (nSPS) is 13.6. The van der Waals surface area contributed by atoms with Gasteiger partial charge in [0.1, 0.15) is 0 Å². The standard InChI is InChI=1S/C16H21N7O2/c1-21(2)14(24)9-22(3)15(25)10-23-7-11-5-4-6-12(13(11)8-23)16-17-19-20-18-16/h4-6H,7-10H2,1-3H3,(H,17,18,19,20). The van der Waals surface area contributed by atoms with Gasteiger partial charge in [-0.05, 0) is 16.3 Å². The highest BCUT2D eigenvalue weighted by Crippen LogP contribution is 2.30. The molecule has 2 aromatic rings. The van der Waals surface area contributed by atoms with Crippen molar-refractivity contribution in [2.24, 2.45) is 0 Å². The van der Waals surface area contributed by atoms with Crippen molar-refractivity contribution < 1.29 is 9.59 Å². The number of nitrogens with zero attached hydrogens (tertiary/aromatic N) is 6. The molecule has 0 saturated carbocycles. The van der Waals surface area contributed by atoms with E-state index in [0.717, 1.165) is 16.7 Å². The molecule has 3 rings (SSSR count). The van der Waals surface area contributed by atoms with Crippen molar-refractivity contribution in [3.8, 4) is 11.4 Å². The van der Waals surface area contributed by atoms with Crippen LogP contribution in [0.3, 0.4) is 0 Å². The van der Waals surface area contributed by atoms with Crippen LogP contribution in [0.2, 0.25) is 0 Å². The summed E-state index contributed by atoms with van der Waals surface area (Å²) in [5.41, 5.74) is 3.20. The largest absolute Gasteiger partial charge is 0.347 e. The molecule has 132 valence electrons. The molecule has 0 aliphatic carbocycles. The number of fused-ring (bicyclic) bond motifs is 1. The lowest BCUT2D eigenvalue weighted by molar-refractivity contribution is -0.138. The first-order valence-corrected chi connectivity index (χ1v) is 7.96. The molecule has 1 N–H and O–H groups in total. The molecule has 1 aromatic carbocycles. The Balaban J connectivity index is 1.66. The molecule has 0 saturated heterocycles. The van der Waals surface area contributed by atoms with Crippen LogP contribution >= 0.6 is 0 Å². The maximum atomic E-state index is 12.4. The lowest BCUT2D eigenvalue weighted by Gasteiger charge is -2.22. The van der Waals surface area contributed by atoms with Gasteiger partial charge in [-0.2, -0.15) is 5.21 Å². The van der Waals surface area contributed by atoms with E-state index in [9.17, 15) is 9.59 Å². The number of rotatable bonds is 5. The van der Waals surface area contributed by atoms with E-state index in [4.69, 9.17) is 0 Å². The Hall–Kier alpha value is -2.81. The molecule has 25 heavy (non-hydrogen) atoms. The minimum absolute atomic E-state index is 0.0795. The van der Waals surface area contributed by atoms with E-state index in [2.05, 4.69) is 20.6 Å². The van der Waals surface area contributed by atoms with Gasteiger partial charge in [-0.1, -0.05) is 18.2 Å². The molecular formula is C16H21N7O2. The number of aromatic nitrogens is 4. The fourth-order valence-electron chi connectivity index (χ4n) is 2.83. The maximum absolute atomic E-state index is 12.4. The minimum atomic E-state index is -0.0973. The zero-order chi connectivity index (χ0) is 18.0. The molecule has 0 radical (unpaired) electrons. The van der Waals surface area contributed by atoms with Crippen LogP contribution in [0.15, 0.2) is 18.2 Å². The van der Waals surface area contributed by atoms with E-state index < -0.39 is 0 Å². The Morgan fingerprint density at radius 1 is 1.20 bits per heavy atom. The second-order valence-corrected chi connectivity index (χ2v) is 6.36. The summed E-state index contributed by atoms with van der Waals surface area (Å²) in [6.45, 7) is 1.67. The second-order valence-electron chi connectivity index (χ2n) is 6.36. The molecule has 1 aromatic heterocycles. The molecule has 9 heteroatoms. The van der Waals surface area contributed by atoms with Crippen LogP contribution in [0.4, 0.5) is 0 Å². The first kappa shape index (κ1) is 17.0. The van der Waals surface area contributed by atoms with Crippen LogP contribution in [-0.2, 0) is 22.7 Å². The highest BCUT2D eigenvalue weighted by atomic mass is 16.2. The van der Waals surface area contributed by atoms with E-state index >= 15 is 0 Å². The van der Waals surface area contributed by atoms with Gasteiger partial charge in [0.15, 0.2) is 0 Å². The number of carbonyl (C=O) groups is 2. The number of nitrogens with one attached hydrogen (secondary N) is 1. The van der Waals surface area contributed by atoms with Crippen molar-refractivity contribution in [2.75, 3.05) is 34.2 Å². The van der Waals surface area contributed by atoms with Crippen molar-refractivity contribution in [1.29, 1.82) is 0 Å². The molecule has 0 spiro atoms. The van der Waals surface area contributed by atoms with E-state index in [-0.39, 0.29) is 24.9 Å². The zero-order valence-electron chi connectivity index (χ0n) is 14.6. The SMILES string of the molecule is CN(C)C(=O)CN(C)C(=O)CN1Cc2cccc(-c3nn[nH]n3)c2C1. The quantitative estimate of drug-likeness (QED) is 0.802. The lowest BCUT2D eigenvalue weighted by atomic mass is 10.0. The Morgan fingerprint density at radius 2 is 2.00 bits per heavy atom. The fraction of sp³-hybridized carbons (Fsp3) is 0.438. The third-order valence-corrected chi connectivity index (χ3v) is 4.29. The number of hydrogen-bond donors (Lipinski definition) is 1. The molecular weight excluding hydrogens is 322 g/mol. The van der Waals surface area contributed by atoms with Crippen LogP contribution in [0, 0.1) is 0 Å². The lowest BCUT2D eigenvalue weighted by Crippen LogP contribution is -2.41. The maximum Gasteiger partial charge on any atom is 0.241 e. The van der Waals surface area contributed by atoms with Crippen molar-refractivity contribution in [1.82, 2.24) is 35.3 Å². The molecule has 0 unspecified atom stereocenters. The summed E-state index contributed by atoms with van der Waals surface area (Å²) < 4.78 is 0. The number of aromatic amines is 1. The first-order chi connectivity index (χ1) is 12.0. The fourth-order valence-corrected chi connectivity index (χ4v) is 2.83. The molecule has 0 bridgehead atoms. The summed E-state index contributed by atoms with van der Waals surface area (Å²) in [4.78, 5) is 29.1. The molecule has 1 aliphatic heterocycles. The van der Waals surface area contributed by atoms with Crippen LogP contribution < -0.4 is 0 Å². The van der Waals surface area contributed by atoms with Gasteiger partial charge in [0.2, 0.25) is 17.6 Å². The number of carbonyl (C=O) groups excluding carboxylic acids is 2. The number of likely N-dealkylation sites (N-methyl/N-ethyl adjacent to an activating group) is 2. The van der Waals surface area contributed by atoms with Crippen molar-refractivity contribution in [3.63, 3.8) is 0 Å². The molecule has 2 amide bonds. The predicted octanol–water partition coefficient (Wildman–Crippen LogP) is -0.271. The molecule has 0 fully saturated rings. The summed E-state index contributed by atoms with van der Waals surface area (Å²) in [5, 5.41) is 14.2. The average Bonchev–Trinajstić information content (AvgIpc) is 3.23. The van der Waals surface area contributed by atoms with Crippen molar-refractivity contribution in [2.45, 2.75) is 13.1 Å². The van der Waals surface area contributed by atoms with Crippen molar-refractivity contribution in [3.05, 3.63) is 29.3 Å². The van der Waals surface area contributed by atoms with Gasteiger partial charge < -0.3 is 9.80 Å². The summed E-state index contributed by atoms with van der Waals surface area (Å²) in [5.74, 6) is 0.378. The van der Waals surface area contributed by atoms with Gasteiger partial charge in [0.25, 0.3) is 0 Å². The van der Waals surface area contributed by atoms with Gasteiger partial charge in [-0.3, -0.25) is 14.5 Å². The van der Waals surface area contributed by atoms with Gasteiger partial charge >= 0.3 is 0 Å². The summed E-state index contributed by atoms with van der Waals surface area (Å²) in [7, 11) is 5.01. The van der Waals surface area contributed by atoms with E-state index in [1.807, 2.05) is 23.1 Å². The Labute approximate surface area is 145 Å². The summed E-state index contributed by atoms with van der Waals surface area (Å²) >= 11 is 0. The summed E-state index contributed by atoms with van der Waals surface area (Å²) in [6, 6.07) is 5.96. The zero-order valence-corrected chi connectivity index (χ0v) is 14.6. The van der Waals surface area contributed by atoms with Gasteiger partial charge in [0.05, 0.1) is 13.1 Å². The third kappa shape index (κ3) is 3.66. The smallest absolute Gasteiger partial charge is 0.241 e. The van der Waals surface area contributed by atoms with Crippen molar-refractivity contribution >= 4 is 11.8 Å². The molecule has 2 heterocycles.